The first-order valence-corrected chi connectivity index (χ1v) is 14.1. The number of nitrogens with one attached hydrogen (secondary N) is 1. The van der Waals surface area contributed by atoms with Gasteiger partial charge in [-0.05, 0) is 74.7 Å². The molecule has 5 nitrogen and oxygen atoms in total. The Balaban J connectivity index is 1.51. The molecule has 1 aliphatic rings. The van der Waals surface area contributed by atoms with Crippen LogP contribution in [0.15, 0.2) is 107 Å². The number of rotatable bonds is 9. The average molecular weight is 517 g/mol. The fourth-order valence-electron chi connectivity index (χ4n) is 4.68. The highest BCUT2D eigenvalue weighted by Gasteiger charge is 2.35. The van der Waals surface area contributed by atoms with Crippen molar-refractivity contribution in [3.8, 4) is 5.75 Å². The SMILES string of the molecule is COc1ccc(N[C@@H](C/C=C/[C@H]2CN(S(=O)(=O)c3ccc(C)cc3)CC2=C(C)C)c2ccccc2)cc1. The van der Waals surface area contributed by atoms with Crippen LogP contribution in [0.25, 0.3) is 0 Å². The summed E-state index contributed by atoms with van der Waals surface area (Å²) < 4.78 is 33.6. The van der Waals surface area contributed by atoms with Gasteiger partial charge in [0.1, 0.15) is 5.75 Å². The van der Waals surface area contributed by atoms with Gasteiger partial charge in [-0.1, -0.05) is 65.8 Å². The van der Waals surface area contributed by atoms with Crippen molar-refractivity contribution in [3.05, 3.63) is 113 Å². The average Bonchev–Trinajstić information content (AvgIpc) is 3.35. The van der Waals surface area contributed by atoms with Crippen LogP contribution in [-0.2, 0) is 10.0 Å². The zero-order chi connectivity index (χ0) is 26.4. The molecule has 0 aliphatic carbocycles. The van der Waals surface area contributed by atoms with Crippen molar-refractivity contribution in [1.29, 1.82) is 0 Å². The van der Waals surface area contributed by atoms with Gasteiger partial charge in [0.25, 0.3) is 0 Å². The Morgan fingerprint density at radius 1 is 1.03 bits per heavy atom. The molecule has 1 N–H and O–H groups in total. The van der Waals surface area contributed by atoms with Crippen LogP contribution in [-0.4, -0.2) is 32.9 Å². The molecule has 0 unspecified atom stereocenters. The summed E-state index contributed by atoms with van der Waals surface area (Å²) in [5, 5.41) is 3.64. The zero-order valence-electron chi connectivity index (χ0n) is 22.0. The molecule has 0 radical (unpaired) electrons. The van der Waals surface area contributed by atoms with Crippen LogP contribution in [0.2, 0.25) is 0 Å². The largest absolute Gasteiger partial charge is 0.497 e. The quantitative estimate of drug-likeness (QED) is 0.319. The van der Waals surface area contributed by atoms with Gasteiger partial charge in [0.2, 0.25) is 10.0 Å². The maximum Gasteiger partial charge on any atom is 0.243 e. The summed E-state index contributed by atoms with van der Waals surface area (Å²) in [6.45, 7) is 6.97. The lowest BCUT2D eigenvalue weighted by Gasteiger charge is -2.20. The third kappa shape index (κ3) is 6.51. The molecule has 194 valence electrons. The first kappa shape index (κ1) is 26.7. The maximum atomic E-state index is 13.3. The van der Waals surface area contributed by atoms with Crippen molar-refractivity contribution in [2.24, 2.45) is 5.92 Å². The van der Waals surface area contributed by atoms with Crippen LogP contribution in [0.4, 0.5) is 5.69 Å². The molecular formula is C31H36N2O3S. The molecule has 1 saturated heterocycles. The van der Waals surface area contributed by atoms with E-state index < -0.39 is 10.0 Å². The van der Waals surface area contributed by atoms with E-state index in [1.54, 1.807) is 23.5 Å². The predicted molar refractivity (Wildman–Crippen MR) is 151 cm³/mol. The van der Waals surface area contributed by atoms with Crippen LogP contribution in [0.5, 0.6) is 5.75 Å². The van der Waals surface area contributed by atoms with Gasteiger partial charge in [-0.15, -0.1) is 0 Å². The number of hydrogen-bond acceptors (Lipinski definition) is 4. The van der Waals surface area contributed by atoms with E-state index in [-0.39, 0.29) is 12.0 Å². The third-order valence-electron chi connectivity index (χ3n) is 6.87. The van der Waals surface area contributed by atoms with Crippen LogP contribution in [0.3, 0.4) is 0 Å². The molecule has 37 heavy (non-hydrogen) atoms. The van der Waals surface area contributed by atoms with Crippen molar-refractivity contribution in [2.45, 2.75) is 38.1 Å². The van der Waals surface area contributed by atoms with E-state index in [1.807, 2.05) is 61.5 Å². The lowest BCUT2D eigenvalue weighted by Crippen LogP contribution is -2.28. The first-order valence-electron chi connectivity index (χ1n) is 12.6. The highest BCUT2D eigenvalue weighted by Crippen LogP contribution is 2.32. The Morgan fingerprint density at radius 3 is 2.32 bits per heavy atom. The predicted octanol–water partition coefficient (Wildman–Crippen LogP) is 6.76. The van der Waals surface area contributed by atoms with Gasteiger partial charge in [-0.3, -0.25) is 0 Å². The van der Waals surface area contributed by atoms with Gasteiger partial charge < -0.3 is 10.1 Å². The van der Waals surface area contributed by atoms with Crippen LogP contribution >= 0.6 is 0 Å². The molecular weight excluding hydrogens is 480 g/mol. The number of hydrogen-bond donors (Lipinski definition) is 1. The fraction of sp³-hybridized carbons (Fsp3) is 0.290. The lowest BCUT2D eigenvalue weighted by molar-refractivity contribution is 0.415. The molecule has 0 bridgehead atoms. The summed E-state index contributed by atoms with van der Waals surface area (Å²) in [4.78, 5) is 0.351. The van der Waals surface area contributed by atoms with E-state index in [1.165, 1.54) is 16.7 Å². The molecule has 0 saturated carbocycles. The normalized spacial score (nSPS) is 17.2. The topological polar surface area (TPSA) is 58.6 Å². The highest BCUT2D eigenvalue weighted by molar-refractivity contribution is 7.89. The standard InChI is InChI=1S/C31H36N2O3S/c1-23(2)30-22-33(37(34,35)29-19-13-24(3)14-20-29)21-26(30)11-8-12-31(25-9-6-5-7-10-25)32-27-15-17-28(36-4)18-16-27/h5-11,13-20,26,31-32H,12,21-22H2,1-4H3/b11-8+/t26-,31-/m0/s1. The molecule has 0 amide bonds. The number of sulfonamides is 1. The second-order valence-electron chi connectivity index (χ2n) is 9.74. The maximum absolute atomic E-state index is 13.3. The third-order valence-corrected chi connectivity index (χ3v) is 8.69. The van der Waals surface area contributed by atoms with Gasteiger partial charge in [0.15, 0.2) is 0 Å². The van der Waals surface area contributed by atoms with Gasteiger partial charge in [0.05, 0.1) is 18.0 Å². The Morgan fingerprint density at radius 2 is 1.70 bits per heavy atom. The minimum absolute atomic E-state index is 0.0580. The second-order valence-corrected chi connectivity index (χ2v) is 11.7. The number of ether oxygens (including phenoxy) is 1. The van der Waals surface area contributed by atoms with E-state index in [9.17, 15) is 8.42 Å². The zero-order valence-corrected chi connectivity index (χ0v) is 22.8. The fourth-order valence-corrected chi connectivity index (χ4v) is 6.12. The Labute approximate surface area is 221 Å². The van der Waals surface area contributed by atoms with E-state index in [2.05, 4.69) is 43.4 Å². The smallest absolute Gasteiger partial charge is 0.243 e. The van der Waals surface area contributed by atoms with Crippen molar-refractivity contribution in [1.82, 2.24) is 4.31 Å². The van der Waals surface area contributed by atoms with Crippen molar-refractivity contribution < 1.29 is 13.2 Å². The molecule has 1 fully saturated rings. The Hall–Kier alpha value is -3.35. The van der Waals surface area contributed by atoms with Gasteiger partial charge in [-0.2, -0.15) is 4.31 Å². The van der Waals surface area contributed by atoms with Crippen molar-refractivity contribution >= 4 is 15.7 Å². The molecule has 1 heterocycles. The Kier molecular flexibility index (Phi) is 8.52. The summed E-state index contributed by atoms with van der Waals surface area (Å²) in [7, 11) is -1.88. The monoisotopic (exact) mass is 516 g/mol. The molecule has 6 heteroatoms. The van der Waals surface area contributed by atoms with Crippen molar-refractivity contribution in [2.75, 3.05) is 25.5 Å². The lowest BCUT2D eigenvalue weighted by atomic mass is 9.96. The first-order chi connectivity index (χ1) is 17.8. The highest BCUT2D eigenvalue weighted by atomic mass is 32.2. The number of allylic oxidation sites excluding steroid dienone is 1. The molecule has 2 atom stereocenters. The molecule has 4 rings (SSSR count). The van der Waals surface area contributed by atoms with E-state index >= 15 is 0 Å². The van der Waals surface area contributed by atoms with Crippen LogP contribution < -0.4 is 10.1 Å². The van der Waals surface area contributed by atoms with Gasteiger partial charge in [0, 0.05) is 24.7 Å². The van der Waals surface area contributed by atoms with E-state index in [0.29, 0.717) is 18.0 Å². The number of nitrogens with zero attached hydrogens (tertiary/aromatic N) is 1. The second kappa shape index (κ2) is 11.8. The van der Waals surface area contributed by atoms with Gasteiger partial charge >= 0.3 is 0 Å². The Bertz CT molecular complexity index is 1340. The number of anilines is 1. The van der Waals surface area contributed by atoms with Crippen LogP contribution in [0.1, 0.15) is 37.4 Å². The van der Waals surface area contributed by atoms with Crippen LogP contribution in [0, 0.1) is 12.8 Å². The van der Waals surface area contributed by atoms with E-state index in [0.717, 1.165) is 23.4 Å². The molecule has 3 aromatic rings. The van der Waals surface area contributed by atoms with Gasteiger partial charge in [-0.25, -0.2) is 8.42 Å². The molecule has 0 aromatic heterocycles. The summed E-state index contributed by atoms with van der Waals surface area (Å²) >= 11 is 0. The minimum Gasteiger partial charge on any atom is -0.497 e. The number of methoxy groups -OCH3 is 1. The summed E-state index contributed by atoms with van der Waals surface area (Å²) in [5.41, 5.74) is 5.60. The number of benzene rings is 3. The molecule has 1 aliphatic heterocycles. The minimum atomic E-state index is -3.54. The summed E-state index contributed by atoms with van der Waals surface area (Å²) in [6.07, 6.45) is 5.13. The van der Waals surface area contributed by atoms with E-state index in [4.69, 9.17) is 4.74 Å². The molecule has 0 spiro atoms. The summed E-state index contributed by atoms with van der Waals surface area (Å²) in [5.74, 6) is 0.880. The van der Waals surface area contributed by atoms with Crippen molar-refractivity contribution in [3.63, 3.8) is 0 Å². The molecule has 3 aromatic carbocycles. The number of aryl methyl sites for hydroxylation is 1. The summed E-state index contributed by atoms with van der Waals surface area (Å²) in [6, 6.07) is 25.5.